The predicted molar refractivity (Wildman–Crippen MR) is 84.2 cm³/mol. The van der Waals surface area contributed by atoms with Crippen LogP contribution in [0.3, 0.4) is 0 Å². The summed E-state index contributed by atoms with van der Waals surface area (Å²) in [7, 11) is -1.42. The van der Waals surface area contributed by atoms with Crippen molar-refractivity contribution in [3.05, 3.63) is 35.4 Å². The first-order valence-corrected chi connectivity index (χ1v) is 9.29. The largest absolute Gasteiger partial charge is 0.337 e. The monoisotopic (exact) mass is 309 g/mol. The van der Waals surface area contributed by atoms with Crippen LogP contribution in [0.15, 0.2) is 24.3 Å². The molecule has 0 saturated heterocycles. The standard InChI is InChI=1S/C16H23NO3S/c1-12-8-10-13(11-9-12)16(18)17(2)14-6-4-5-7-15(14)21(3,19)20/h8-11,14-15H,4-7H2,1-3H3/t14-,15-/m0/s1. The minimum atomic E-state index is -3.14. The zero-order valence-corrected chi connectivity index (χ0v) is 13.7. The van der Waals surface area contributed by atoms with Crippen molar-refractivity contribution in [2.24, 2.45) is 0 Å². The Kier molecular flexibility index (Phi) is 4.71. The average Bonchev–Trinajstić information content (AvgIpc) is 2.45. The second-order valence-corrected chi connectivity index (χ2v) is 8.27. The molecule has 2 atom stereocenters. The lowest BCUT2D eigenvalue weighted by Gasteiger charge is -2.37. The summed E-state index contributed by atoms with van der Waals surface area (Å²) in [5, 5.41) is -0.439. The summed E-state index contributed by atoms with van der Waals surface area (Å²) in [6.07, 6.45) is 4.57. The predicted octanol–water partition coefficient (Wildman–Crippen LogP) is 2.42. The van der Waals surface area contributed by atoms with Gasteiger partial charge in [-0.15, -0.1) is 0 Å². The normalized spacial score (nSPS) is 22.8. The minimum Gasteiger partial charge on any atom is -0.337 e. The van der Waals surface area contributed by atoms with Gasteiger partial charge >= 0.3 is 0 Å². The SMILES string of the molecule is Cc1ccc(C(=O)N(C)[C@H]2CCCC[C@@H]2S(C)(=O)=O)cc1. The third kappa shape index (κ3) is 3.64. The highest BCUT2D eigenvalue weighted by Gasteiger charge is 2.37. The van der Waals surface area contributed by atoms with E-state index in [4.69, 9.17) is 0 Å². The summed E-state index contributed by atoms with van der Waals surface area (Å²) in [6, 6.07) is 7.17. The maximum Gasteiger partial charge on any atom is 0.253 e. The number of rotatable bonds is 3. The Labute approximate surface area is 127 Å². The Bertz CT molecular complexity index is 607. The van der Waals surface area contributed by atoms with Crippen LogP contribution in [0, 0.1) is 6.92 Å². The van der Waals surface area contributed by atoms with Gasteiger partial charge in [-0.25, -0.2) is 8.42 Å². The van der Waals surface area contributed by atoms with E-state index in [-0.39, 0.29) is 11.9 Å². The van der Waals surface area contributed by atoms with E-state index in [9.17, 15) is 13.2 Å². The fourth-order valence-corrected chi connectivity index (χ4v) is 4.55. The van der Waals surface area contributed by atoms with E-state index in [0.717, 1.165) is 24.8 Å². The first kappa shape index (κ1) is 16.0. The van der Waals surface area contributed by atoms with Crippen LogP contribution in [0.1, 0.15) is 41.6 Å². The van der Waals surface area contributed by atoms with Crippen LogP contribution >= 0.6 is 0 Å². The van der Waals surface area contributed by atoms with Crippen LogP contribution in [0.4, 0.5) is 0 Å². The molecule has 0 radical (unpaired) electrons. The molecule has 0 bridgehead atoms. The topological polar surface area (TPSA) is 54.5 Å². The van der Waals surface area contributed by atoms with Gasteiger partial charge in [0.25, 0.3) is 5.91 Å². The third-order valence-corrected chi connectivity index (χ3v) is 5.98. The number of amides is 1. The molecule has 1 saturated carbocycles. The number of hydrogen-bond acceptors (Lipinski definition) is 3. The Morgan fingerprint density at radius 2 is 1.71 bits per heavy atom. The van der Waals surface area contributed by atoms with E-state index in [1.54, 1.807) is 24.1 Å². The van der Waals surface area contributed by atoms with Crippen molar-refractivity contribution in [1.29, 1.82) is 0 Å². The Hall–Kier alpha value is -1.36. The van der Waals surface area contributed by atoms with E-state index in [0.29, 0.717) is 12.0 Å². The van der Waals surface area contributed by atoms with Crippen molar-refractivity contribution in [3.63, 3.8) is 0 Å². The summed E-state index contributed by atoms with van der Waals surface area (Å²) in [6.45, 7) is 1.97. The highest BCUT2D eigenvalue weighted by molar-refractivity contribution is 7.91. The van der Waals surface area contributed by atoms with E-state index < -0.39 is 15.1 Å². The quantitative estimate of drug-likeness (QED) is 0.861. The number of carbonyl (C=O) groups excluding carboxylic acids is 1. The molecule has 1 fully saturated rings. The van der Waals surface area contributed by atoms with Crippen molar-refractivity contribution in [2.75, 3.05) is 13.3 Å². The van der Waals surface area contributed by atoms with Crippen LogP contribution in [-0.2, 0) is 9.84 Å². The summed E-state index contributed by atoms with van der Waals surface area (Å²) >= 11 is 0. The van der Waals surface area contributed by atoms with Gasteiger partial charge in [0.05, 0.1) is 5.25 Å². The molecule has 0 aromatic heterocycles. The second kappa shape index (κ2) is 6.18. The van der Waals surface area contributed by atoms with Gasteiger partial charge in [-0.05, 0) is 31.9 Å². The van der Waals surface area contributed by atoms with Crippen molar-refractivity contribution in [3.8, 4) is 0 Å². The number of benzene rings is 1. The maximum atomic E-state index is 12.6. The molecule has 116 valence electrons. The van der Waals surface area contributed by atoms with Crippen LogP contribution in [-0.4, -0.2) is 43.8 Å². The lowest BCUT2D eigenvalue weighted by Crippen LogP contribution is -2.49. The molecule has 0 spiro atoms. The molecule has 4 nitrogen and oxygen atoms in total. The van der Waals surface area contributed by atoms with Gasteiger partial charge in [0.2, 0.25) is 0 Å². The fraction of sp³-hybridized carbons (Fsp3) is 0.562. The van der Waals surface area contributed by atoms with Crippen LogP contribution in [0.5, 0.6) is 0 Å². The number of carbonyl (C=O) groups is 1. The van der Waals surface area contributed by atoms with Crippen molar-refractivity contribution >= 4 is 15.7 Å². The van der Waals surface area contributed by atoms with Gasteiger partial charge in [0.15, 0.2) is 9.84 Å². The number of aryl methyl sites for hydroxylation is 1. The van der Waals surface area contributed by atoms with Gasteiger partial charge < -0.3 is 4.90 Å². The van der Waals surface area contributed by atoms with Crippen molar-refractivity contribution in [1.82, 2.24) is 4.90 Å². The molecular formula is C16H23NO3S. The smallest absolute Gasteiger partial charge is 0.253 e. The molecule has 5 heteroatoms. The summed E-state index contributed by atoms with van der Waals surface area (Å²) in [5.41, 5.74) is 1.71. The molecule has 1 aromatic rings. The fourth-order valence-electron chi connectivity index (χ4n) is 3.07. The van der Waals surface area contributed by atoms with Crippen molar-refractivity contribution in [2.45, 2.75) is 43.9 Å². The molecule has 1 aromatic carbocycles. The number of nitrogens with zero attached hydrogens (tertiary/aromatic N) is 1. The van der Waals surface area contributed by atoms with Gasteiger partial charge in [-0.2, -0.15) is 0 Å². The molecule has 21 heavy (non-hydrogen) atoms. The van der Waals surface area contributed by atoms with Crippen LogP contribution < -0.4 is 0 Å². The Morgan fingerprint density at radius 1 is 1.14 bits per heavy atom. The highest BCUT2D eigenvalue weighted by Crippen LogP contribution is 2.28. The second-order valence-electron chi connectivity index (χ2n) is 6.00. The molecule has 1 aliphatic rings. The Morgan fingerprint density at radius 3 is 2.29 bits per heavy atom. The molecule has 0 heterocycles. The maximum absolute atomic E-state index is 12.6. The lowest BCUT2D eigenvalue weighted by molar-refractivity contribution is 0.0700. The molecule has 1 aliphatic carbocycles. The third-order valence-electron chi connectivity index (χ3n) is 4.33. The number of sulfone groups is 1. The van der Waals surface area contributed by atoms with E-state index in [2.05, 4.69) is 0 Å². The molecule has 0 aliphatic heterocycles. The van der Waals surface area contributed by atoms with E-state index in [1.807, 2.05) is 19.1 Å². The van der Waals surface area contributed by atoms with E-state index in [1.165, 1.54) is 6.26 Å². The zero-order valence-electron chi connectivity index (χ0n) is 12.9. The number of hydrogen-bond donors (Lipinski definition) is 0. The molecule has 2 rings (SSSR count). The molecule has 1 amide bonds. The van der Waals surface area contributed by atoms with Gasteiger partial charge in [0.1, 0.15) is 0 Å². The first-order valence-electron chi connectivity index (χ1n) is 7.33. The van der Waals surface area contributed by atoms with Gasteiger partial charge in [-0.3, -0.25) is 4.79 Å². The summed E-state index contributed by atoms with van der Waals surface area (Å²) < 4.78 is 23.9. The average molecular weight is 309 g/mol. The van der Waals surface area contributed by atoms with Crippen LogP contribution in [0.2, 0.25) is 0 Å². The molecular weight excluding hydrogens is 286 g/mol. The molecule has 0 unspecified atom stereocenters. The lowest BCUT2D eigenvalue weighted by atomic mass is 9.93. The van der Waals surface area contributed by atoms with E-state index >= 15 is 0 Å². The molecule has 0 N–H and O–H groups in total. The Balaban J connectivity index is 2.22. The highest BCUT2D eigenvalue weighted by atomic mass is 32.2. The summed E-state index contributed by atoms with van der Waals surface area (Å²) in [4.78, 5) is 14.2. The van der Waals surface area contributed by atoms with Crippen molar-refractivity contribution < 1.29 is 13.2 Å². The summed E-state index contributed by atoms with van der Waals surface area (Å²) in [5.74, 6) is -0.101. The minimum absolute atomic E-state index is 0.101. The van der Waals surface area contributed by atoms with Crippen LogP contribution in [0.25, 0.3) is 0 Å². The van der Waals surface area contributed by atoms with Gasteiger partial charge in [-0.1, -0.05) is 30.5 Å². The zero-order chi connectivity index (χ0) is 15.6. The first-order chi connectivity index (χ1) is 9.80. The van der Waals surface area contributed by atoms with Gasteiger partial charge in [0, 0.05) is 24.9 Å².